The number of aryl methyl sites for hydroxylation is 1. The molecule has 1 aromatic heterocycles. The van der Waals surface area contributed by atoms with Gasteiger partial charge in [0.25, 0.3) is 5.91 Å². The molecule has 0 spiro atoms. The molecule has 162 valence electrons. The zero-order valence-corrected chi connectivity index (χ0v) is 18.6. The van der Waals surface area contributed by atoms with Gasteiger partial charge in [-0.2, -0.15) is 0 Å². The summed E-state index contributed by atoms with van der Waals surface area (Å²) in [5, 5.41) is 4.99. The number of amidine groups is 1. The molecule has 2 amide bonds. The van der Waals surface area contributed by atoms with Crippen LogP contribution in [0, 0.1) is 18.6 Å². The Morgan fingerprint density at radius 3 is 2.62 bits per heavy atom. The van der Waals surface area contributed by atoms with Gasteiger partial charge in [0.05, 0.1) is 22.0 Å². The SMILES string of the molecule is CC(=O)N(c1nc(C=C2SC(=Nc3ccc(C)cc3)NC2=O)cs1)c1ccc(F)cc1F. The summed E-state index contributed by atoms with van der Waals surface area (Å²) in [4.78, 5) is 34.7. The number of hydrogen-bond donors (Lipinski definition) is 1. The van der Waals surface area contributed by atoms with Crippen molar-refractivity contribution in [2.45, 2.75) is 13.8 Å². The number of thioether (sulfide) groups is 1. The predicted octanol–water partition coefficient (Wildman–Crippen LogP) is 5.31. The highest BCUT2D eigenvalue weighted by Crippen LogP contribution is 2.33. The summed E-state index contributed by atoms with van der Waals surface area (Å²) in [7, 11) is 0. The average molecular weight is 471 g/mol. The van der Waals surface area contributed by atoms with E-state index in [1.165, 1.54) is 24.8 Å². The van der Waals surface area contributed by atoms with Crippen molar-refractivity contribution in [3.05, 3.63) is 75.6 Å². The highest BCUT2D eigenvalue weighted by atomic mass is 32.2. The minimum absolute atomic E-state index is 0.104. The molecule has 1 aliphatic rings. The topological polar surface area (TPSA) is 74.7 Å². The second-order valence-electron chi connectivity index (χ2n) is 6.82. The van der Waals surface area contributed by atoms with Gasteiger partial charge in [-0.05, 0) is 49.0 Å². The van der Waals surface area contributed by atoms with Gasteiger partial charge in [-0.1, -0.05) is 17.7 Å². The number of anilines is 2. The lowest BCUT2D eigenvalue weighted by Crippen LogP contribution is -2.23. The lowest BCUT2D eigenvalue weighted by atomic mass is 10.2. The van der Waals surface area contributed by atoms with Crippen molar-refractivity contribution >= 4 is 62.7 Å². The first kappa shape index (κ1) is 21.8. The molecule has 4 rings (SSSR count). The van der Waals surface area contributed by atoms with Crippen LogP contribution in [-0.2, 0) is 9.59 Å². The third kappa shape index (κ3) is 4.76. The van der Waals surface area contributed by atoms with Crippen LogP contribution in [0.3, 0.4) is 0 Å². The maximum absolute atomic E-state index is 14.2. The average Bonchev–Trinajstić information content (AvgIpc) is 3.32. The summed E-state index contributed by atoms with van der Waals surface area (Å²) in [5.74, 6) is -2.42. The van der Waals surface area contributed by atoms with Gasteiger partial charge < -0.3 is 5.32 Å². The van der Waals surface area contributed by atoms with Crippen molar-refractivity contribution in [3.8, 4) is 0 Å². The molecule has 0 saturated carbocycles. The fourth-order valence-electron chi connectivity index (χ4n) is 2.87. The van der Waals surface area contributed by atoms with Crippen molar-refractivity contribution in [1.29, 1.82) is 0 Å². The molecule has 0 unspecified atom stereocenters. The van der Waals surface area contributed by atoms with Crippen molar-refractivity contribution in [1.82, 2.24) is 10.3 Å². The van der Waals surface area contributed by atoms with E-state index < -0.39 is 17.5 Å². The summed E-state index contributed by atoms with van der Waals surface area (Å²) in [5.41, 5.74) is 2.15. The molecule has 1 saturated heterocycles. The van der Waals surface area contributed by atoms with Crippen molar-refractivity contribution in [2.75, 3.05) is 4.90 Å². The van der Waals surface area contributed by atoms with E-state index in [0.29, 0.717) is 27.5 Å². The molecular weight excluding hydrogens is 454 g/mol. The molecule has 6 nitrogen and oxygen atoms in total. The Kier molecular flexibility index (Phi) is 6.15. The Morgan fingerprint density at radius 1 is 1.19 bits per heavy atom. The normalized spacial score (nSPS) is 15.9. The van der Waals surface area contributed by atoms with Crippen LogP contribution in [0.4, 0.5) is 25.3 Å². The third-order valence-corrected chi connectivity index (χ3v) is 6.11. The quantitative estimate of drug-likeness (QED) is 0.525. The van der Waals surface area contributed by atoms with Gasteiger partial charge in [-0.25, -0.2) is 18.8 Å². The number of carbonyl (C=O) groups excluding carboxylic acids is 2. The van der Waals surface area contributed by atoms with Crippen molar-refractivity contribution < 1.29 is 18.4 Å². The second-order valence-corrected chi connectivity index (χ2v) is 8.69. The first-order valence-electron chi connectivity index (χ1n) is 9.37. The minimum Gasteiger partial charge on any atom is -0.300 e. The van der Waals surface area contributed by atoms with Gasteiger partial charge >= 0.3 is 0 Å². The predicted molar refractivity (Wildman–Crippen MR) is 123 cm³/mol. The molecule has 1 N–H and O–H groups in total. The van der Waals surface area contributed by atoms with Gasteiger partial charge in [0, 0.05) is 18.4 Å². The Labute approximate surface area is 190 Å². The van der Waals surface area contributed by atoms with E-state index in [2.05, 4.69) is 15.3 Å². The fraction of sp³-hybridized carbons (Fsp3) is 0.0909. The largest absolute Gasteiger partial charge is 0.300 e. The molecular formula is C22H16F2N4O2S2. The first-order valence-corrected chi connectivity index (χ1v) is 11.1. The van der Waals surface area contributed by atoms with Crippen LogP contribution in [0.1, 0.15) is 18.2 Å². The van der Waals surface area contributed by atoms with E-state index in [-0.39, 0.29) is 16.7 Å². The fourth-order valence-corrected chi connectivity index (χ4v) is 4.53. The number of nitrogens with one attached hydrogen (secondary N) is 1. The van der Waals surface area contributed by atoms with Crippen LogP contribution in [0.5, 0.6) is 0 Å². The number of nitrogens with zero attached hydrogens (tertiary/aromatic N) is 3. The highest BCUT2D eigenvalue weighted by molar-refractivity contribution is 8.18. The molecule has 1 fully saturated rings. The lowest BCUT2D eigenvalue weighted by Gasteiger charge is -2.18. The van der Waals surface area contributed by atoms with Gasteiger partial charge in [0.1, 0.15) is 11.6 Å². The number of halogens is 2. The van der Waals surface area contributed by atoms with Crippen LogP contribution in [0.25, 0.3) is 6.08 Å². The number of hydrogen-bond acceptors (Lipinski definition) is 6. The number of thiazole rings is 1. The number of amides is 2. The molecule has 1 aliphatic heterocycles. The summed E-state index contributed by atoms with van der Waals surface area (Å²) >= 11 is 2.27. The van der Waals surface area contributed by atoms with Gasteiger partial charge in [0.15, 0.2) is 10.3 Å². The Morgan fingerprint density at radius 2 is 1.94 bits per heavy atom. The van der Waals surface area contributed by atoms with Crippen LogP contribution in [-0.4, -0.2) is 22.0 Å². The lowest BCUT2D eigenvalue weighted by molar-refractivity contribution is -0.116. The molecule has 0 radical (unpaired) electrons. The Bertz CT molecular complexity index is 1270. The van der Waals surface area contributed by atoms with Crippen LogP contribution < -0.4 is 10.2 Å². The van der Waals surface area contributed by atoms with E-state index in [1.54, 1.807) is 11.5 Å². The Hall–Kier alpha value is -3.37. The van der Waals surface area contributed by atoms with E-state index in [1.807, 2.05) is 31.2 Å². The molecule has 0 atom stereocenters. The molecule has 10 heteroatoms. The van der Waals surface area contributed by atoms with E-state index in [9.17, 15) is 18.4 Å². The monoisotopic (exact) mass is 470 g/mol. The smallest absolute Gasteiger partial charge is 0.264 e. The Balaban J connectivity index is 1.58. The second kappa shape index (κ2) is 9.01. The van der Waals surface area contributed by atoms with Crippen molar-refractivity contribution in [3.63, 3.8) is 0 Å². The summed E-state index contributed by atoms with van der Waals surface area (Å²) in [6.45, 7) is 3.24. The van der Waals surface area contributed by atoms with Crippen molar-refractivity contribution in [2.24, 2.45) is 4.99 Å². The van der Waals surface area contributed by atoms with Gasteiger partial charge in [-0.15, -0.1) is 11.3 Å². The maximum Gasteiger partial charge on any atom is 0.264 e. The van der Waals surface area contributed by atoms with E-state index >= 15 is 0 Å². The number of aliphatic imine (C=N–C) groups is 1. The minimum atomic E-state index is -0.877. The maximum atomic E-state index is 14.2. The molecule has 2 aromatic carbocycles. The highest BCUT2D eigenvalue weighted by Gasteiger charge is 2.25. The van der Waals surface area contributed by atoms with Crippen LogP contribution >= 0.6 is 23.1 Å². The standard InChI is InChI=1S/C22H16F2N4O2S2/c1-12-3-6-15(7-4-12)25-21-27-20(30)19(32-21)10-16-11-31-22(26-16)28(13(2)29)18-8-5-14(23)9-17(18)24/h3-11H,1-2H3,(H,25,27,30). The zero-order chi connectivity index (χ0) is 22.8. The summed E-state index contributed by atoms with van der Waals surface area (Å²) < 4.78 is 27.5. The molecule has 32 heavy (non-hydrogen) atoms. The molecule has 0 bridgehead atoms. The number of rotatable bonds is 4. The molecule has 3 aromatic rings. The van der Waals surface area contributed by atoms with Gasteiger partial charge in [-0.3, -0.25) is 14.5 Å². The number of aromatic nitrogens is 1. The first-order chi connectivity index (χ1) is 15.3. The number of benzene rings is 2. The van der Waals surface area contributed by atoms with Crippen LogP contribution in [0.2, 0.25) is 0 Å². The molecule has 0 aliphatic carbocycles. The summed E-state index contributed by atoms with van der Waals surface area (Å²) in [6, 6.07) is 10.5. The number of carbonyl (C=O) groups is 2. The molecule has 2 heterocycles. The van der Waals surface area contributed by atoms with E-state index in [4.69, 9.17) is 0 Å². The third-order valence-electron chi connectivity index (χ3n) is 4.36. The zero-order valence-electron chi connectivity index (χ0n) is 16.9. The summed E-state index contributed by atoms with van der Waals surface area (Å²) in [6.07, 6.45) is 1.57. The van der Waals surface area contributed by atoms with E-state index in [0.717, 1.165) is 27.9 Å². The van der Waals surface area contributed by atoms with Crippen LogP contribution in [0.15, 0.2) is 57.7 Å². The van der Waals surface area contributed by atoms with Gasteiger partial charge in [0.2, 0.25) is 5.91 Å².